The van der Waals surface area contributed by atoms with Gasteiger partial charge in [0.15, 0.2) is 6.61 Å². The Labute approximate surface area is 189 Å². The highest BCUT2D eigenvalue weighted by Gasteiger charge is 2.31. The Morgan fingerprint density at radius 3 is 2.45 bits per heavy atom. The normalized spacial score (nSPS) is 14.8. The van der Waals surface area contributed by atoms with Gasteiger partial charge in [-0.3, -0.25) is 9.59 Å². The molecule has 0 bridgehead atoms. The molecule has 6 heteroatoms. The summed E-state index contributed by atoms with van der Waals surface area (Å²) in [6.07, 6.45) is 4.84. The van der Waals surface area contributed by atoms with Crippen LogP contribution in [0, 0.1) is 6.92 Å². The summed E-state index contributed by atoms with van der Waals surface area (Å²) >= 11 is 5.92. The number of nitrogens with one attached hydrogen (secondary N) is 1. The Balaban J connectivity index is 1.76. The van der Waals surface area contributed by atoms with Gasteiger partial charge in [0.2, 0.25) is 5.91 Å². The van der Waals surface area contributed by atoms with Crippen LogP contribution < -0.4 is 10.1 Å². The highest BCUT2D eigenvalue weighted by Crippen LogP contribution is 2.20. The molecule has 2 aromatic rings. The van der Waals surface area contributed by atoms with Crippen LogP contribution in [0.15, 0.2) is 48.5 Å². The molecule has 1 N–H and O–H groups in total. The molecule has 0 heterocycles. The van der Waals surface area contributed by atoms with E-state index in [1.807, 2.05) is 38.1 Å². The maximum atomic E-state index is 13.2. The maximum Gasteiger partial charge on any atom is 0.261 e. The summed E-state index contributed by atoms with van der Waals surface area (Å²) in [6, 6.07) is 14.5. The summed E-state index contributed by atoms with van der Waals surface area (Å²) in [4.78, 5) is 28.0. The molecule has 0 saturated heterocycles. The Hall–Kier alpha value is -2.53. The molecule has 0 aromatic heterocycles. The van der Waals surface area contributed by atoms with E-state index < -0.39 is 6.04 Å². The van der Waals surface area contributed by atoms with E-state index in [4.69, 9.17) is 16.3 Å². The van der Waals surface area contributed by atoms with Crippen molar-refractivity contribution in [3.63, 3.8) is 0 Å². The summed E-state index contributed by atoms with van der Waals surface area (Å²) < 4.78 is 5.70. The number of benzene rings is 2. The molecule has 1 aliphatic carbocycles. The molecular weight excluding hydrogens is 412 g/mol. The van der Waals surface area contributed by atoms with Gasteiger partial charge in [0, 0.05) is 17.6 Å². The number of ether oxygens (including phenoxy) is 1. The lowest BCUT2D eigenvalue weighted by Crippen LogP contribution is -2.52. The fourth-order valence-corrected chi connectivity index (χ4v) is 4.14. The number of carbonyl (C=O) groups excluding carboxylic acids is 2. The molecule has 0 aliphatic heterocycles. The molecule has 0 radical (unpaired) electrons. The second kappa shape index (κ2) is 11.2. The molecule has 166 valence electrons. The number of nitrogens with zero attached hydrogens (tertiary/aromatic N) is 1. The summed E-state index contributed by atoms with van der Waals surface area (Å²) in [5.74, 6) is 0.270. The molecule has 31 heavy (non-hydrogen) atoms. The molecule has 1 unspecified atom stereocenters. The number of aryl methyl sites for hydroxylation is 1. The van der Waals surface area contributed by atoms with Crippen LogP contribution in [-0.4, -0.2) is 35.4 Å². The summed E-state index contributed by atoms with van der Waals surface area (Å²) in [6.45, 7) is 4.19. The zero-order valence-corrected chi connectivity index (χ0v) is 19.0. The molecule has 3 rings (SSSR count). The SMILES string of the molecule is CCC(C(=O)NC1CCCC1)N(Cc1ccccc1C)C(=O)COc1ccc(Cl)cc1. The fraction of sp³-hybridized carbons (Fsp3) is 0.440. The first-order valence-electron chi connectivity index (χ1n) is 11.0. The molecular formula is C25H31ClN2O3. The van der Waals surface area contributed by atoms with Crippen LogP contribution in [0.2, 0.25) is 5.02 Å². The van der Waals surface area contributed by atoms with E-state index in [1.165, 1.54) is 0 Å². The monoisotopic (exact) mass is 442 g/mol. The smallest absolute Gasteiger partial charge is 0.261 e. The molecule has 1 fully saturated rings. The molecule has 5 nitrogen and oxygen atoms in total. The third-order valence-corrected chi connectivity index (χ3v) is 6.12. The van der Waals surface area contributed by atoms with Crippen LogP contribution >= 0.6 is 11.6 Å². The van der Waals surface area contributed by atoms with Gasteiger partial charge < -0.3 is 15.0 Å². The Bertz CT molecular complexity index is 879. The van der Waals surface area contributed by atoms with Crippen LogP contribution in [-0.2, 0) is 16.1 Å². The van der Waals surface area contributed by atoms with Crippen LogP contribution in [0.5, 0.6) is 5.75 Å². The average molecular weight is 443 g/mol. The van der Waals surface area contributed by atoms with Gasteiger partial charge in [-0.15, -0.1) is 0 Å². The van der Waals surface area contributed by atoms with Crippen molar-refractivity contribution in [1.82, 2.24) is 10.2 Å². The minimum Gasteiger partial charge on any atom is -0.484 e. The number of amides is 2. The van der Waals surface area contributed by atoms with Crippen molar-refractivity contribution in [3.8, 4) is 5.75 Å². The maximum absolute atomic E-state index is 13.2. The highest BCUT2D eigenvalue weighted by molar-refractivity contribution is 6.30. The van der Waals surface area contributed by atoms with E-state index in [0.29, 0.717) is 23.7 Å². The minimum atomic E-state index is -0.540. The van der Waals surface area contributed by atoms with Gasteiger partial charge in [-0.2, -0.15) is 0 Å². The first-order chi connectivity index (χ1) is 15.0. The van der Waals surface area contributed by atoms with Gasteiger partial charge in [0.05, 0.1) is 0 Å². The predicted octanol–water partition coefficient (Wildman–Crippen LogP) is 4.89. The van der Waals surface area contributed by atoms with Crippen LogP contribution in [0.4, 0.5) is 0 Å². The molecule has 2 amide bonds. The minimum absolute atomic E-state index is 0.0807. The number of hydrogen-bond acceptors (Lipinski definition) is 3. The zero-order valence-electron chi connectivity index (χ0n) is 18.3. The largest absolute Gasteiger partial charge is 0.484 e. The van der Waals surface area contributed by atoms with Gasteiger partial charge in [-0.05, 0) is 61.6 Å². The Morgan fingerprint density at radius 1 is 1.13 bits per heavy atom. The summed E-state index contributed by atoms with van der Waals surface area (Å²) in [5, 5.41) is 3.76. The van der Waals surface area contributed by atoms with Crippen molar-refractivity contribution in [2.45, 2.75) is 64.6 Å². The number of hydrogen-bond donors (Lipinski definition) is 1. The van der Waals surface area contributed by atoms with E-state index in [1.54, 1.807) is 29.2 Å². The van der Waals surface area contributed by atoms with Crippen molar-refractivity contribution < 1.29 is 14.3 Å². The molecule has 2 aromatic carbocycles. The Kier molecular flexibility index (Phi) is 8.35. The van der Waals surface area contributed by atoms with E-state index >= 15 is 0 Å². The third kappa shape index (κ3) is 6.47. The van der Waals surface area contributed by atoms with Crippen molar-refractivity contribution in [2.24, 2.45) is 0 Å². The van der Waals surface area contributed by atoms with Gasteiger partial charge in [-0.25, -0.2) is 0 Å². The van der Waals surface area contributed by atoms with Gasteiger partial charge >= 0.3 is 0 Å². The first-order valence-corrected chi connectivity index (χ1v) is 11.4. The van der Waals surface area contributed by atoms with E-state index in [2.05, 4.69) is 5.32 Å². The first kappa shape index (κ1) is 23.1. The molecule has 1 aliphatic rings. The van der Waals surface area contributed by atoms with Gasteiger partial charge in [0.1, 0.15) is 11.8 Å². The highest BCUT2D eigenvalue weighted by atomic mass is 35.5. The van der Waals surface area contributed by atoms with Crippen molar-refractivity contribution >= 4 is 23.4 Å². The van der Waals surface area contributed by atoms with Gasteiger partial charge in [-0.1, -0.05) is 55.6 Å². The van der Waals surface area contributed by atoms with E-state index in [0.717, 1.165) is 36.8 Å². The summed E-state index contributed by atoms with van der Waals surface area (Å²) in [7, 11) is 0. The van der Waals surface area contributed by atoms with Crippen LogP contribution in [0.3, 0.4) is 0 Å². The zero-order chi connectivity index (χ0) is 22.2. The molecule has 0 spiro atoms. The van der Waals surface area contributed by atoms with Crippen molar-refractivity contribution in [2.75, 3.05) is 6.61 Å². The number of rotatable bonds is 9. The standard InChI is InChI=1S/C25H31ClN2O3/c1-3-23(25(30)27-21-10-6-7-11-21)28(16-19-9-5-4-8-18(19)2)24(29)17-31-22-14-12-20(26)13-15-22/h4-5,8-9,12-15,21,23H,3,6-7,10-11,16-17H2,1-2H3,(H,27,30). The lowest BCUT2D eigenvalue weighted by Gasteiger charge is -2.31. The topological polar surface area (TPSA) is 58.6 Å². The quantitative estimate of drug-likeness (QED) is 0.601. The number of carbonyl (C=O) groups is 2. The van der Waals surface area contributed by atoms with E-state index in [-0.39, 0.29) is 24.5 Å². The predicted molar refractivity (Wildman–Crippen MR) is 123 cm³/mol. The molecule has 1 atom stereocenters. The second-order valence-electron chi connectivity index (χ2n) is 8.10. The lowest BCUT2D eigenvalue weighted by atomic mass is 10.1. The van der Waals surface area contributed by atoms with Crippen molar-refractivity contribution in [3.05, 3.63) is 64.7 Å². The van der Waals surface area contributed by atoms with E-state index in [9.17, 15) is 9.59 Å². The number of halogens is 1. The average Bonchev–Trinajstić information content (AvgIpc) is 3.27. The second-order valence-corrected chi connectivity index (χ2v) is 8.54. The third-order valence-electron chi connectivity index (χ3n) is 5.87. The summed E-state index contributed by atoms with van der Waals surface area (Å²) in [5.41, 5.74) is 2.11. The van der Waals surface area contributed by atoms with Gasteiger partial charge in [0.25, 0.3) is 5.91 Å². The van der Waals surface area contributed by atoms with Crippen LogP contribution in [0.1, 0.15) is 50.2 Å². The molecule has 1 saturated carbocycles. The van der Waals surface area contributed by atoms with Crippen molar-refractivity contribution in [1.29, 1.82) is 0 Å². The fourth-order valence-electron chi connectivity index (χ4n) is 4.02. The lowest BCUT2D eigenvalue weighted by molar-refractivity contribution is -0.143. The Morgan fingerprint density at radius 2 is 1.81 bits per heavy atom. The van der Waals surface area contributed by atoms with Crippen LogP contribution in [0.25, 0.3) is 0 Å².